The lowest BCUT2D eigenvalue weighted by molar-refractivity contribution is -0.384. The van der Waals surface area contributed by atoms with E-state index >= 15 is 0 Å². The number of ether oxygens (including phenoxy) is 1. The van der Waals surface area contributed by atoms with E-state index in [1.807, 2.05) is 0 Å². The second kappa shape index (κ2) is 10.1. The fraction of sp³-hybridized carbons (Fsp3) is 0.429. The van der Waals surface area contributed by atoms with Crippen molar-refractivity contribution in [1.29, 1.82) is 5.26 Å². The number of nitro benzene ring substituents is 1. The molecule has 0 unspecified atom stereocenters. The van der Waals surface area contributed by atoms with Gasteiger partial charge < -0.3 is 4.74 Å². The maximum Gasteiger partial charge on any atom is 0.296 e. The first kappa shape index (κ1) is 19.3. The molecule has 0 spiro atoms. The third kappa shape index (κ3) is 6.08. The monoisotopic (exact) mass is 400 g/mol. The minimum Gasteiger partial charge on any atom is -0.492 e. The third-order valence-electron chi connectivity index (χ3n) is 2.81. The predicted octanol–water partition coefficient (Wildman–Crippen LogP) is 4.35. The quantitative estimate of drug-likeness (QED) is 0.139. The van der Waals surface area contributed by atoms with E-state index < -0.39 is 4.92 Å². The molecule has 124 valence electrons. The maximum absolute atomic E-state index is 11.2. The molecule has 0 radical (unpaired) electrons. The molecule has 1 N–H and O–H groups in total. The standard InChI is InChI=1S/C14H17BrN4O3S/c1-3-4-5-6-22-13-8-11(18-14(23-2)17-9-16)12(19(20)21)7-10(13)15/h7-8H,3-6H2,1-2H3,(H,17,18). The summed E-state index contributed by atoms with van der Waals surface area (Å²) in [6, 6.07) is 2.86. The molecule has 7 nitrogen and oxygen atoms in total. The molecule has 0 heterocycles. The average Bonchev–Trinajstić information content (AvgIpc) is 2.53. The van der Waals surface area contributed by atoms with Crippen LogP contribution in [0.5, 0.6) is 5.75 Å². The van der Waals surface area contributed by atoms with Gasteiger partial charge in [0.1, 0.15) is 11.4 Å². The molecule has 0 aliphatic carbocycles. The number of amidine groups is 1. The Bertz CT molecular complexity index is 631. The van der Waals surface area contributed by atoms with Crippen LogP contribution in [0.3, 0.4) is 0 Å². The molecule has 1 rings (SSSR count). The molecule has 1 aromatic carbocycles. The highest BCUT2D eigenvalue weighted by Crippen LogP contribution is 2.38. The van der Waals surface area contributed by atoms with Gasteiger partial charge in [-0.1, -0.05) is 31.5 Å². The van der Waals surface area contributed by atoms with Crippen molar-refractivity contribution in [2.75, 3.05) is 12.9 Å². The normalized spacial score (nSPS) is 11.0. The number of thioether (sulfide) groups is 1. The smallest absolute Gasteiger partial charge is 0.296 e. The number of nitrogens with zero attached hydrogens (tertiary/aromatic N) is 3. The van der Waals surface area contributed by atoms with Gasteiger partial charge >= 0.3 is 0 Å². The first-order valence-corrected chi connectivity index (χ1v) is 8.93. The van der Waals surface area contributed by atoms with Gasteiger partial charge in [0.15, 0.2) is 11.4 Å². The minimum atomic E-state index is -0.519. The van der Waals surface area contributed by atoms with Gasteiger partial charge in [-0.25, -0.2) is 4.99 Å². The zero-order valence-corrected chi connectivity index (χ0v) is 15.2. The number of nitro groups is 1. The number of nitrogens with one attached hydrogen (secondary N) is 1. The molecule has 23 heavy (non-hydrogen) atoms. The summed E-state index contributed by atoms with van der Waals surface area (Å²) in [7, 11) is 0. The van der Waals surface area contributed by atoms with Crippen molar-refractivity contribution in [3.63, 3.8) is 0 Å². The number of halogens is 1. The Balaban J connectivity index is 3.14. The van der Waals surface area contributed by atoms with Crippen LogP contribution in [0.15, 0.2) is 21.6 Å². The molecule has 0 aromatic heterocycles. The van der Waals surface area contributed by atoms with E-state index in [4.69, 9.17) is 10.00 Å². The van der Waals surface area contributed by atoms with Crippen molar-refractivity contribution < 1.29 is 9.66 Å². The number of rotatable bonds is 7. The number of nitriles is 1. The molecule has 0 aliphatic heterocycles. The van der Waals surface area contributed by atoms with E-state index in [1.165, 1.54) is 23.9 Å². The summed E-state index contributed by atoms with van der Waals surface area (Å²) >= 11 is 4.47. The topological polar surface area (TPSA) is 101 Å². The summed E-state index contributed by atoms with van der Waals surface area (Å²) in [5.74, 6) is 0.489. The highest BCUT2D eigenvalue weighted by molar-refractivity contribution is 9.10. The predicted molar refractivity (Wildman–Crippen MR) is 95.2 cm³/mol. The molecule has 0 saturated carbocycles. The zero-order chi connectivity index (χ0) is 17.2. The molecular formula is C14H17BrN4O3S. The van der Waals surface area contributed by atoms with Crippen LogP contribution in [0, 0.1) is 21.6 Å². The van der Waals surface area contributed by atoms with E-state index in [9.17, 15) is 10.1 Å². The van der Waals surface area contributed by atoms with Gasteiger partial charge in [0.25, 0.3) is 5.69 Å². The Morgan fingerprint density at radius 1 is 1.57 bits per heavy atom. The summed E-state index contributed by atoms with van der Waals surface area (Å²) in [5.41, 5.74) is -0.0279. The average molecular weight is 401 g/mol. The summed E-state index contributed by atoms with van der Waals surface area (Å²) in [4.78, 5) is 14.8. The number of unbranched alkanes of at least 4 members (excludes halogenated alkanes) is 2. The fourth-order valence-electron chi connectivity index (χ4n) is 1.69. The van der Waals surface area contributed by atoms with Crippen LogP contribution in [-0.4, -0.2) is 23.0 Å². The summed E-state index contributed by atoms with van der Waals surface area (Å²) in [6.07, 6.45) is 6.51. The van der Waals surface area contributed by atoms with Crippen molar-refractivity contribution in [3.05, 3.63) is 26.7 Å². The van der Waals surface area contributed by atoms with Gasteiger partial charge in [-0.2, -0.15) is 5.26 Å². The zero-order valence-electron chi connectivity index (χ0n) is 12.8. The van der Waals surface area contributed by atoms with E-state index in [-0.39, 0.29) is 16.5 Å². The Kier molecular flexibility index (Phi) is 8.43. The van der Waals surface area contributed by atoms with E-state index in [0.29, 0.717) is 16.8 Å². The van der Waals surface area contributed by atoms with Crippen LogP contribution in [0.4, 0.5) is 11.4 Å². The number of hydrogen-bond donors (Lipinski definition) is 1. The van der Waals surface area contributed by atoms with Crippen molar-refractivity contribution in [3.8, 4) is 11.9 Å². The van der Waals surface area contributed by atoms with Gasteiger partial charge in [-0.15, -0.1) is 0 Å². The first-order chi connectivity index (χ1) is 11.0. The van der Waals surface area contributed by atoms with E-state index in [2.05, 4.69) is 33.2 Å². The minimum absolute atomic E-state index is 0.135. The van der Waals surface area contributed by atoms with Gasteiger partial charge in [-0.05, 0) is 28.6 Å². The molecule has 0 amide bonds. The van der Waals surface area contributed by atoms with E-state index in [0.717, 1.165) is 19.3 Å². The lowest BCUT2D eigenvalue weighted by atomic mass is 10.2. The molecule has 0 bridgehead atoms. The van der Waals surface area contributed by atoms with Crippen LogP contribution in [0.1, 0.15) is 26.2 Å². The fourth-order valence-corrected chi connectivity index (χ4v) is 2.48. The highest BCUT2D eigenvalue weighted by atomic mass is 79.9. The molecule has 0 atom stereocenters. The van der Waals surface area contributed by atoms with Crippen LogP contribution >= 0.6 is 27.7 Å². The number of benzene rings is 1. The number of aliphatic imine (C=N–C) groups is 1. The molecule has 0 saturated heterocycles. The summed E-state index contributed by atoms with van der Waals surface area (Å²) < 4.78 is 6.16. The van der Waals surface area contributed by atoms with Gasteiger partial charge in [0.05, 0.1) is 16.0 Å². The van der Waals surface area contributed by atoms with Gasteiger partial charge in [0, 0.05) is 12.1 Å². The van der Waals surface area contributed by atoms with Crippen LogP contribution in [0.25, 0.3) is 0 Å². The summed E-state index contributed by atoms with van der Waals surface area (Å²) in [5, 5.41) is 22.5. The van der Waals surface area contributed by atoms with Crippen LogP contribution < -0.4 is 10.1 Å². The molecule has 0 aliphatic rings. The molecule has 0 fully saturated rings. The Morgan fingerprint density at radius 2 is 2.30 bits per heavy atom. The molecule has 9 heteroatoms. The molecule has 1 aromatic rings. The number of hydrogen-bond acceptors (Lipinski definition) is 6. The van der Waals surface area contributed by atoms with E-state index in [1.54, 1.807) is 12.4 Å². The van der Waals surface area contributed by atoms with Gasteiger partial charge in [-0.3, -0.25) is 15.4 Å². The second-order valence-electron chi connectivity index (χ2n) is 4.44. The highest BCUT2D eigenvalue weighted by Gasteiger charge is 2.18. The Labute approximate surface area is 147 Å². The van der Waals surface area contributed by atoms with Crippen molar-refractivity contribution in [1.82, 2.24) is 5.32 Å². The lowest BCUT2D eigenvalue weighted by Crippen LogP contribution is -2.12. The summed E-state index contributed by atoms with van der Waals surface area (Å²) in [6.45, 7) is 2.62. The Morgan fingerprint density at radius 3 is 2.87 bits per heavy atom. The molecular weight excluding hydrogens is 384 g/mol. The van der Waals surface area contributed by atoms with Crippen molar-refractivity contribution in [2.45, 2.75) is 26.2 Å². The maximum atomic E-state index is 11.2. The van der Waals surface area contributed by atoms with Crippen molar-refractivity contribution >= 4 is 44.2 Å². The van der Waals surface area contributed by atoms with Crippen molar-refractivity contribution in [2.24, 2.45) is 4.99 Å². The van der Waals surface area contributed by atoms with Crippen LogP contribution in [0.2, 0.25) is 0 Å². The van der Waals surface area contributed by atoms with Gasteiger partial charge in [0.2, 0.25) is 0 Å². The SMILES string of the molecule is CCCCCOc1cc(N=C(NC#N)SC)c([N+](=O)[O-])cc1Br. The second-order valence-corrected chi connectivity index (χ2v) is 6.09. The first-order valence-electron chi connectivity index (χ1n) is 6.92. The Hall–Kier alpha value is -1.79. The third-order valence-corrected chi connectivity index (χ3v) is 4.01. The largest absolute Gasteiger partial charge is 0.492 e. The lowest BCUT2D eigenvalue weighted by Gasteiger charge is -2.09. The van der Waals surface area contributed by atoms with Crippen LogP contribution in [-0.2, 0) is 0 Å².